The molecule has 1 saturated heterocycles. The molecule has 0 saturated carbocycles. The van der Waals surface area contributed by atoms with Crippen molar-refractivity contribution in [2.24, 2.45) is 0 Å². The van der Waals surface area contributed by atoms with Gasteiger partial charge in [-0.3, -0.25) is 0 Å². The summed E-state index contributed by atoms with van der Waals surface area (Å²) >= 11 is 0.990. The first kappa shape index (κ1) is 16.8. The molecule has 2 aromatic rings. The third-order valence-electron chi connectivity index (χ3n) is 4.17. The van der Waals surface area contributed by atoms with Crippen LogP contribution in [0, 0.1) is 0 Å². The number of thiazole rings is 1. The minimum absolute atomic E-state index is 0.0925. The zero-order valence-electron chi connectivity index (χ0n) is 13.5. The van der Waals surface area contributed by atoms with Crippen molar-refractivity contribution in [1.82, 2.24) is 4.98 Å². The second-order valence-corrected chi connectivity index (χ2v) is 9.18. The van der Waals surface area contributed by atoms with Gasteiger partial charge < -0.3 is 14.6 Å². The third kappa shape index (κ3) is 3.71. The molecule has 0 radical (unpaired) electrons. The second kappa shape index (κ2) is 6.81. The van der Waals surface area contributed by atoms with Crippen LogP contribution < -0.4 is 4.90 Å². The molecule has 1 aromatic carbocycles. The quantitative estimate of drug-likeness (QED) is 0.861. The summed E-state index contributed by atoms with van der Waals surface area (Å²) in [6, 6.07) is 8.48. The SMILES string of the molecule is CC(C)(CO)c1ncc(-c2ccc(N3CC[S+]([O-])CC3)cc2)s1. The van der Waals surface area contributed by atoms with E-state index in [-0.39, 0.29) is 12.0 Å². The van der Waals surface area contributed by atoms with Crippen molar-refractivity contribution < 1.29 is 9.66 Å². The highest BCUT2D eigenvalue weighted by atomic mass is 32.2. The number of hydrogen-bond donors (Lipinski definition) is 1. The molecule has 0 atom stereocenters. The van der Waals surface area contributed by atoms with E-state index in [2.05, 4.69) is 34.1 Å². The van der Waals surface area contributed by atoms with Gasteiger partial charge in [0.2, 0.25) is 0 Å². The van der Waals surface area contributed by atoms with E-state index in [4.69, 9.17) is 0 Å². The van der Waals surface area contributed by atoms with Gasteiger partial charge in [0.25, 0.3) is 0 Å². The Kier molecular flexibility index (Phi) is 4.96. The topological polar surface area (TPSA) is 59.4 Å². The van der Waals surface area contributed by atoms with Crippen molar-refractivity contribution in [1.29, 1.82) is 0 Å². The van der Waals surface area contributed by atoms with E-state index < -0.39 is 11.2 Å². The Morgan fingerprint density at radius 3 is 2.52 bits per heavy atom. The third-order valence-corrected chi connectivity index (χ3v) is 6.86. The van der Waals surface area contributed by atoms with Crippen LogP contribution in [0.4, 0.5) is 5.69 Å². The molecule has 124 valence electrons. The van der Waals surface area contributed by atoms with Crippen LogP contribution in [0.2, 0.25) is 0 Å². The summed E-state index contributed by atoms with van der Waals surface area (Å²) in [6.07, 6.45) is 1.89. The van der Waals surface area contributed by atoms with Crippen molar-refractivity contribution in [2.45, 2.75) is 19.3 Å². The molecule has 0 spiro atoms. The van der Waals surface area contributed by atoms with Crippen molar-refractivity contribution in [3.8, 4) is 10.4 Å². The Hall–Kier alpha value is -1.08. The van der Waals surface area contributed by atoms with E-state index in [0.29, 0.717) is 0 Å². The lowest BCUT2D eigenvalue weighted by Gasteiger charge is -2.30. The molecule has 1 fully saturated rings. The lowest BCUT2D eigenvalue weighted by atomic mass is 9.96. The van der Waals surface area contributed by atoms with Gasteiger partial charge in [0.15, 0.2) is 0 Å². The molecule has 4 nitrogen and oxygen atoms in total. The molecule has 0 aliphatic carbocycles. The summed E-state index contributed by atoms with van der Waals surface area (Å²) in [6.45, 7) is 5.82. The van der Waals surface area contributed by atoms with Crippen LogP contribution in [0.15, 0.2) is 30.5 Å². The number of benzene rings is 1. The zero-order valence-corrected chi connectivity index (χ0v) is 15.1. The van der Waals surface area contributed by atoms with E-state index in [1.807, 2.05) is 20.0 Å². The number of anilines is 1. The Morgan fingerprint density at radius 1 is 1.26 bits per heavy atom. The standard InChI is InChI=1S/C17H22N2O2S2/c1-17(2,12-20)16-18-11-15(22-16)13-3-5-14(6-4-13)19-7-9-23(21)10-8-19/h3-6,11,20H,7-10,12H2,1-2H3. The van der Waals surface area contributed by atoms with Crippen molar-refractivity contribution in [3.63, 3.8) is 0 Å². The maximum atomic E-state index is 11.4. The highest BCUT2D eigenvalue weighted by Crippen LogP contribution is 2.33. The van der Waals surface area contributed by atoms with E-state index in [1.165, 1.54) is 5.69 Å². The molecule has 3 rings (SSSR count). The molecule has 0 unspecified atom stereocenters. The summed E-state index contributed by atoms with van der Waals surface area (Å²) < 4.78 is 11.4. The van der Waals surface area contributed by atoms with Gasteiger partial charge >= 0.3 is 0 Å². The molecule has 1 aliphatic rings. The largest absolute Gasteiger partial charge is 0.616 e. The summed E-state index contributed by atoms with van der Waals surface area (Å²) in [5, 5.41) is 10.4. The van der Waals surface area contributed by atoms with Gasteiger partial charge in [-0.25, -0.2) is 4.98 Å². The molecular weight excluding hydrogens is 328 g/mol. The summed E-state index contributed by atoms with van der Waals surface area (Å²) in [5.41, 5.74) is 2.03. The van der Waals surface area contributed by atoms with Gasteiger partial charge in [0.05, 0.1) is 24.6 Å². The van der Waals surface area contributed by atoms with Crippen LogP contribution in [0.5, 0.6) is 0 Å². The number of aromatic nitrogens is 1. The first-order chi connectivity index (χ1) is 11.0. The summed E-state index contributed by atoms with van der Waals surface area (Å²) in [4.78, 5) is 7.88. The Labute approximate surface area is 144 Å². The molecule has 6 heteroatoms. The maximum absolute atomic E-state index is 11.4. The molecule has 0 amide bonds. The second-order valence-electron chi connectivity index (χ2n) is 6.45. The first-order valence-electron chi connectivity index (χ1n) is 7.77. The summed E-state index contributed by atoms with van der Waals surface area (Å²) in [5.74, 6) is 1.52. The van der Waals surface area contributed by atoms with Gasteiger partial charge in [-0.05, 0) is 17.7 Å². The van der Waals surface area contributed by atoms with Gasteiger partial charge in [-0.15, -0.1) is 11.3 Å². The van der Waals surface area contributed by atoms with E-state index in [0.717, 1.165) is 40.0 Å². The lowest BCUT2D eigenvalue weighted by molar-refractivity contribution is 0.218. The highest BCUT2D eigenvalue weighted by Gasteiger charge is 2.24. The minimum Gasteiger partial charge on any atom is -0.616 e. The molecule has 23 heavy (non-hydrogen) atoms. The van der Waals surface area contributed by atoms with Crippen LogP contribution in [-0.4, -0.2) is 45.8 Å². The lowest BCUT2D eigenvalue weighted by Crippen LogP contribution is -2.40. The monoisotopic (exact) mass is 350 g/mol. The van der Waals surface area contributed by atoms with Crippen LogP contribution in [0.3, 0.4) is 0 Å². The Morgan fingerprint density at radius 2 is 1.91 bits per heavy atom. The van der Waals surface area contributed by atoms with Gasteiger partial charge in [0, 0.05) is 17.3 Å². The molecule has 1 aliphatic heterocycles. The predicted octanol–water partition coefficient (Wildman–Crippen LogP) is 2.65. The fourth-order valence-electron chi connectivity index (χ4n) is 2.52. The van der Waals surface area contributed by atoms with Crippen molar-refractivity contribution in [2.75, 3.05) is 36.1 Å². The van der Waals surface area contributed by atoms with Gasteiger partial charge in [-0.2, -0.15) is 0 Å². The van der Waals surface area contributed by atoms with Crippen LogP contribution in [-0.2, 0) is 16.6 Å². The van der Waals surface area contributed by atoms with Crippen molar-refractivity contribution >= 4 is 28.2 Å². The van der Waals surface area contributed by atoms with Crippen molar-refractivity contribution in [3.05, 3.63) is 35.5 Å². The number of aliphatic hydroxyl groups excluding tert-OH is 1. The number of rotatable bonds is 4. The zero-order chi connectivity index (χ0) is 16.4. The van der Waals surface area contributed by atoms with E-state index in [1.54, 1.807) is 11.3 Å². The van der Waals surface area contributed by atoms with Crippen LogP contribution in [0.25, 0.3) is 10.4 Å². The summed E-state index contributed by atoms with van der Waals surface area (Å²) in [7, 11) is 0. The molecule has 1 N–H and O–H groups in total. The van der Waals surface area contributed by atoms with Crippen LogP contribution in [0.1, 0.15) is 18.9 Å². The van der Waals surface area contributed by atoms with E-state index in [9.17, 15) is 9.66 Å². The Bertz CT molecular complexity index is 647. The minimum atomic E-state index is -0.644. The molecular formula is C17H22N2O2S2. The number of hydrogen-bond acceptors (Lipinski definition) is 5. The smallest absolute Gasteiger partial charge is 0.123 e. The average molecular weight is 351 g/mol. The normalized spacial score (nSPS) is 16.8. The van der Waals surface area contributed by atoms with E-state index >= 15 is 0 Å². The average Bonchev–Trinajstić information content (AvgIpc) is 3.07. The van der Waals surface area contributed by atoms with Gasteiger partial charge in [0.1, 0.15) is 16.5 Å². The molecule has 0 bridgehead atoms. The molecule has 1 aromatic heterocycles. The van der Waals surface area contributed by atoms with Crippen LogP contribution >= 0.6 is 11.3 Å². The number of aliphatic hydroxyl groups is 1. The maximum Gasteiger partial charge on any atom is 0.123 e. The van der Waals surface area contributed by atoms with Gasteiger partial charge in [-0.1, -0.05) is 37.2 Å². The Balaban J connectivity index is 1.75. The fourth-order valence-corrected chi connectivity index (χ4v) is 4.59. The first-order valence-corrected chi connectivity index (χ1v) is 10.1. The molecule has 2 heterocycles. The highest BCUT2D eigenvalue weighted by molar-refractivity contribution is 7.91. The predicted molar refractivity (Wildman–Crippen MR) is 97.8 cm³/mol. The fraction of sp³-hybridized carbons (Fsp3) is 0.471. The number of nitrogens with zero attached hydrogens (tertiary/aromatic N) is 2.